The van der Waals surface area contributed by atoms with E-state index in [9.17, 15) is 9.59 Å². The Balaban J connectivity index is 2.03. The van der Waals surface area contributed by atoms with Crippen molar-refractivity contribution in [3.8, 4) is 0 Å². The molecule has 0 aliphatic rings. The van der Waals surface area contributed by atoms with Crippen LogP contribution in [0.3, 0.4) is 0 Å². The minimum absolute atomic E-state index is 0.134. The first-order valence-electron chi connectivity index (χ1n) is 5.16. The second-order valence-electron chi connectivity index (χ2n) is 3.61. The molecule has 1 amide bonds. The van der Waals surface area contributed by atoms with E-state index in [4.69, 9.17) is 5.11 Å². The van der Waals surface area contributed by atoms with E-state index in [2.05, 4.69) is 25.3 Å². The lowest BCUT2D eigenvalue weighted by molar-refractivity contribution is -0.139. The molecule has 0 saturated carbocycles. The molecule has 2 aromatic heterocycles. The normalized spacial score (nSPS) is 12.0. The molecule has 1 atom stereocenters. The number of carboxylic acid groups (broad SMARTS) is 1. The van der Waals surface area contributed by atoms with Gasteiger partial charge in [0, 0.05) is 18.3 Å². The highest BCUT2D eigenvalue weighted by Gasteiger charge is 2.22. The maximum atomic E-state index is 11.7. The summed E-state index contributed by atoms with van der Waals surface area (Å²) in [5.74, 6) is -1.63. The van der Waals surface area contributed by atoms with Crippen LogP contribution < -0.4 is 5.32 Å². The fourth-order valence-electron chi connectivity index (χ4n) is 1.43. The number of amides is 1. The van der Waals surface area contributed by atoms with E-state index in [1.165, 1.54) is 25.0 Å². The Morgan fingerprint density at radius 3 is 2.56 bits per heavy atom. The minimum atomic E-state index is -1.11. The topological polar surface area (TPSA) is 124 Å². The second kappa shape index (κ2) is 5.13. The molecule has 18 heavy (non-hydrogen) atoms. The van der Waals surface area contributed by atoms with Gasteiger partial charge in [-0.05, 0) is 0 Å². The quantitative estimate of drug-likeness (QED) is 0.571. The van der Waals surface area contributed by atoms with E-state index in [0.29, 0.717) is 5.69 Å². The van der Waals surface area contributed by atoms with Gasteiger partial charge in [-0.1, -0.05) is 0 Å². The molecular formula is C10H11N5O3. The number of imidazole rings is 2. The predicted molar refractivity (Wildman–Crippen MR) is 59.8 cm³/mol. The van der Waals surface area contributed by atoms with E-state index >= 15 is 0 Å². The highest BCUT2D eigenvalue weighted by atomic mass is 16.4. The zero-order chi connectivity index (χ0) is 13.0. The van der Waals surface area contributed by atoms with Crippen molar-refractivity contribution < 1.29 is 14.7 Å². The number of nitrogens with one attached hydrogen (secondary N) is 3. The number of aromatic amines is 2. The van der Waals surface area contributed by atoms with Gasteiger partial charge in [-0.15, -0.1) is 0 Å². The number of carbonyl (C=O) groups excluding carboxylic acids is 1. The summed E-state index contributed by atoms with van der Waals surface area (Å²) in [6.45, 7) is 0. The van der Waals surface area contributed by atoms with E-state index in [-0.39, 0.29) is 12.1 Å². The molecule has 0 bridgehead atoms. The Hall–Kier alpha value is -2.64. The van der Waals surface area contributed by atoms with Gasteiger partial charge in [0.2, 0.25) is 0 Å². The summed E-state index contributed by atoms with van der Waals surface area (Å²) in [5.41, 5.74) is 0.846. The fraction of sp³-hybridized carbons (Fsp3) is 0.200. The van der Waals surface area contributed by atoms with Crippen molar-refractivity contribution >= 4 is 11.9 Å². The lowest BCUT2D eigenvalue weighted by Gasteiger charge is -2.12. The third-order valence-corrected chi connectivity index (χ3v) is 2.33. The molecule has 2 heterocycles. The Morgan fingerprint density at radius 1 is 1.28 bits per heavy atom. The average molecular weight is 249 g/mol. The number of hydrogen-bond donors (Lipinski definition) is 4. The van der Waals surface area contributed by atoms with Crippen LogP contribution in [0, 0.1) is 0 Å². The highest BCUT2D eigenvalue weighted by molar-refractivity contribution is 5.94. The Labute approximate surface area is 101 Å². The lowest BCUT2D eigenvalue weighted by Crippen LogP contribution is -2.42. The molecule has 0 radical (unpaired) electrons. The van der Waals surface area contributed by atoms with Gasteiger partial charge in [0.25, 0.3) is 5.91 Å². The van der Waals surface area contributed by atoms with Crippen molar-refractivity contribution in [3.05, 3.63) is 36.4 Å². The van der Waals surface area contributed by atoms with E-state index in [0.717, 1.165) is 0 Å². The summed E-state index contributed by atoms with van der Waals surface area (Å²) in [6, 6.07) is -1.03. The number of hydrogen-bond acceptors (Lipinski definition) is 4. The zero-order valence-electron chi connectivity index (χ0n) is 9.25. The SMILES string of the molecule is O=C(N[C@@H](Cc1cnc[nH]1)C(=O)O)c1cnc[nH]1. The van der Waals surface area contributed by atoms with Crippen molar-refractivity contribution in [2.24, 2.45) is 0 Å². The van der Waals surface area contributed by atoms with Crippen LogP contribution in [-0.2, 0) is 11.2 Å². The van der Waals surface area contributed by atoms with Crippen molar-refractivity contribution in [1.82, 2.24) is 25.3 Å². The summed E-state index contributed by atoms with van der Waals surface area (Å²) < 4.78 is 0. The highest BCUT2D eigenvalue weighted by Crippen LogP contribution is 2.00. The number of carbonyl (C=O) groups is 2. The van der Waals surface area contributed by atoms with Gasteiger partial charge in [0.05, 0.1) is 18.9 Å². The van der Waals surface area contributed by atoms with Gasteiger partial charge in [-0.25, -0.2) is 14.8 Å². The van der Waals surface area contributed by atoms with E-state index in [1.807, 2.05) is 0 Å². The molecule has 8 heteroatoms. The van der Waals surface area contributed by atoms with Gasteiger partial charge in [0.1, 0.15) is 11.7 Å². The summed E-state index contributed by atoms with van der Waals surface area (Å²) >= 11 is 0. The zero-order valence-corrected chi connectivity index (χ0v) is 9.25. The van der Waals surface area contributed by atoms with Crippen LogP contribution in [0.1, 0.15) is 16.2 Å². The Bertz CT molecular complexity index is 520. The first-order chi connectivity index (χ1) is 8.66. The van der Waals surface area contributed by atoms with Crippen molar-refractivity contribution in [1.29, 1.82) is 0 Å². The fourth-order valence-corrected chi connectivity index (χ4v) is 1.43. The largest absolute Gasteiger partial charge is 0.480 e. The monoisotopic (exact) mass is 249 g/mol. The molecule has 0 saturated heterocycles. The number of aromatic nitrogens is 4. The first-order valence-corrected chi connectivity index (χ1v) is 5.16. The smallest absolute Gasteiger partial charge is 0.326 e. The molecule has 4 N–H and O–H groups in total. The summed E-state index contributed by atoms with van der Waals surface area (Å²) in [4.78, 5) is 35.6. The molecule has 0 unspecified atom stereocenters. The molecule has 0 aromatic carbocycles. The van der Waals surface area contributed by atoms with E-state index in [1.54, 1.807) is 0 Å². The van der Waals surface area contributed by atoms with Gasteiger partial charge in [-0.2, -0.15) is 0 Å². The molecule has 2 aromatic rings. The maximum Gasteiger partial charge on any atom is 0.326 e. The third kappa shape index (κ3) is 2.73. The maximum absolute atomic E-state index is 11.7. The average Bonchev–Trinajstić information content (AvgIpc) is 3.00. The van der Waals surface area contributed by atoms with Crippen LogP contribution in [0.15, 0.2) is 25.0 Å². The Kier molecular flexibility index (Phi) is 3.37. The molecule has 0 aliphatic carbocycles. The lowest BCUT2D eigenvalue weighted by atomic mass is 10.1. The third-order valence-electron chi connectivity index (χ3n) is 2.33. The second-order valence-corrected chi connectivity index (χ2v) is 3.61. The number of aliphatic carboxylic acids is 1. The number of carboxylic acids is 1. The molecule has 0 aliphatic heterocycles. The van der Waals surface area contributed by atoms with Crippen molar-refractivity contribution in [2.75, 3.05) is 0 Å². The van der Waals surface area contributed by atoms with Crippen LogP contribution in [0.4, 0.5) is 0 Å². The van der Waals surface area contributed by atoms with Crippen LogP contribution in [-0.4, -0.2) is 43.0 Å². The van der Waals surface area contributed by atoms with Gasteiger partial charge in [-0.3, -0.25) is 4.79 Å². The summed E-state index contributed by atoms with van der Waals surface area (Å²) in [6.07, 6.45) is 5.77. The van der Waals surface area contributed by atoms with Gasteiger partial charge < -0.3 is 20.4 Å². The van der Waals surface area contributed by atoms with E-state index < -0.39 is 17.9 Å². The molecule has 8 nitrogen and oxygen atoms in total. The first kappa shape index (κ1) is 11.8. The van der Waals surface area contributed by atoms with Crippen LogP contribution >= 0.6 is 0 Å². The minimum Gasteiger partial charge on any atom is -0.480 e. The molecular weight excluding hydrogens is 238 g/mol. The molecule has 94 valence electrons. The van der Waals surface area contributed by atoms with Crippen LogP contribution in [0.2, 0.25) is 0 Å². The predicted octanol–water partition coefficient (Wildman–Crippen LogP) is -0.442. The van der Waals surface area contributed by atoms with Crippen LogP contribution in [0.25, 0.3) is 0 Å². The number of rotatable bonds is 5. The van der Waals surface area contributed by atoms with Gasteiger partial charge >= 0.3 is 5.97 Å². The number of H-pyrrole nitrogens is 2. The molecule has 0 fully saturated rings. The van der Waals surface area contributed by atoms with Crippen LogP contribution in [0.5, 0.6) is 0 Å². The van der Waals surface area contributed by atoms with Crippen molar-refractivity contribution in [3.63, 3.8) is 0 Å². The molecule has 2 rings (SSSR count). The standard InChI is InChI=1S/C10H11N5O3/c16-9(8-3-12-5-14-8)15-7(10(17)18)1-6-2-11-4-13-6/h2-5,7H,1H2,(H,11,13)(H,12,14)(H,15,16)(H,17,18)/t7-/m0/s1. The Morgan fingerprint density at radius 2 is 2.00 bits per heavy atom. The molecule has 0 spiro atoms. The number of nitrogens with zero attached hydrogens (tertiary/aromatic N) is 2. The summed E-state index contributed by atoms with van der Waals surface area (Å²) in [5, 5.41) is 11.4. The van der Waals surface area contributed by atoms with Crippen molar-refractivity contribution in [2.45, 2.75) is 12.5 Å². The summed E-state index contributed by atoms with van der Waals surface area (Å²) in [7, 11) is 0. The van der Waals surface area contributed by atoms with Gasteiger partial charge in [0.15, 0.2) is 0 Å².